The Hall–Kier alpha value is -1.73. The third kappa shape index (κ3) is 4.14. The zero-order chi connectivity index (χ0) is 15.6. The summed E-state index contributed by atoms with van der Waals surface area (Å²) in [7, 11) is 1.29. The average molecular weight is 300 g/mol. The summed E-state index contributed by atoms with van der Waals surface area (Å²) in [6.45, 7) is 0. The minimum Gasteiger partial charge on any atom is -0.497 e. The molecule has 0 atom stereocenters. The highest BCUT2D eigenvalue weighted by molar-refractivity contribution is 5.84. The first-order valence-corrected chi connectivity index (χ1v) is 5.34. The highest BCUT2D eigenvalue weighted by Gasteiger charge is 2.60. The molecule has 0 saturated heterocycles. The second-order valence-electron chi connectivity index (χ2n) is 4.01. The zero-order valence-electron chi connectivity index (χ0n) is 10.2. The number of carbonyl (C=O) groups excluding carboxylic acids is 1. The summed E-state index contributed by atoms with van der Waals surface area (Å²) in [4.78, 5) is 11.3. The Morgan fingerprint density at radius 1 is 1.15 bits per heavy atom. The Kier molecular flexibility index (Phi) is 4.67. The summed E-state index contributed by atoms with van der Waals surface area (Å²) in [6, 6.07) is 5.29. The van der Waals surface area contributed by atoms with Crippen molar-refractivity contribution in [3.8, 4) is 5.75 Å². The molecule has 0 amide bonds. The SMILES string of the molecule is COc1cccc(CC(=O)C(C(F)(F)F)C(F)(F)F)c1. The molecule has 20 heavy (non-hydrogen) atoms. The smallest absolute Gasteiger partial charge is 0.407 e. The molecule has 0 N–H and O–H groups in total. The van der Waals surface area contributed by atoms with Gasteiger partial charge < -0.3 is 4.74 Å². The van der Waals surface area contributed by atoms with Gasteiger partial charge in [0.05, 0.1) is 7.11 Å². The van der Waals surface area contributed by atoms with Crippen LogP contribution in [0.4, 0.5) is 26.3 Å². The molecule has 8 heteroatoms. The van der Waals surface area contributed by atoms with Gasteiger partial charge in [0.2, 0.25) is 5.92 Å². The number of hydrogen-bond donors (Lipinski definition) is 0. The van der Waals surface area contributed by atoms with Crippen molar-refractivity contribution in [3.05, 3.63) is 29.8 Å². The van der Waals surface area contributed by atoms with Gasteiger partial charge >= 0.3 is 12.4 Å². The van der Waals surface area contributed by atoms with E-state index in [-0.39, 0.29) is 11.3 Å². The van der Waals surface area contributed by atoms with Crippen LogP contribution in [-0.2, 0) is 11.2 Å². The number of benzene rings is 1. The van der Waals surface area contributed by atoms with Gasteiger partial charge in [-0.1, -0.05) is 12.1 Å². The van der Waals surface area contributed by atoms with E-state index in [2.05, 4.69) is 0 Å². The normalized spacial score (nSPS) is 12.6. The molecule has 0 saturated carbocycles. The number of rotatable bonds is 4. The van der Waals surface area contributed by atoms with Gasteiger partial charge in [0, 0.05) is 6.42 Å². The van der Waals surface area contributed by atoms with Gasteiger partial charge in [0.25, 0.3) is 0 Å². The van der Waals surface area contributed by atoms with E-state index >= 15 is 0 Å². The summed E-state index contributed by atoms with van der Waals surface area (Å²) in [5, 5.41) is 0. The van der Waals surface area contributed by atoms with Gasteiger partial charge in [-0.3, -0.25) is 4.79 Å². The fourth-order valence-electron chi connectivity index (χ4n) is 1.64. The fourth-order valence-corrected chi connectivity index (χ4v) is 1.64. The van der Waals surface area contributed by atoms with E-state index in [9.17, 15) is 31.1 Å². The number of alkyl halides is 6. The lowest BCUT2D eigenvalue weighted by atomic mass is 9.96. The Labute approximate surface area is 110 Å². The minimum absolute atomic E-state index is 0.0212. The van der Waals surface area contributed by atoms with Crippen LogP contribution in [0.1, 0.15) is 5.56 Å². The molecule has 1 rings (SSSR count). The molecule has 0 aromatic heterocycles. The summed E-state index contributed by atoms with van der Waals surface area (Å²) in [6.07, 6.45) is -12.3. The zero-order valence-corrected chi connectivity index (χ0v) is 10.2. The highest BCUT2D eigenvalue weighted by atomic mass is 19.4. The van der Waals surface area contributed by atoms with Crippen molar-refractivity contribution < 1.29 is 35.9 Å². The van der Waals surface area contributed by atoms with Crippen molar-refractivity contribution in [2.75, 3.05) is 7.11 Å². The van der Waals surface area contributed by atoms with Crippen LogP contribution >= 0.6 is 0 Å². The third-order valence-corrected chi connectivity index (χ3v) is 2.49. The fraction of sp³-hybridized carbons (Fsp3) is 0.417. The van der Waals surface area contributed by atoms with Crippen LogP contribution in [0, 0.1) is 5.92 Å². The molecule has 1 aromatic carbocycles. The first-order valence-electron chi connectivity index (χ1n) is 5.34. The second-order valence-corrected chi connectivity index (χ2v) is 4.01. The molecule has 0 unspecified atom stereocenters. The maximum Gasteiger partial charge on any atom is 0.407 e. The molecule has 0 heterocycles. The molecule has 112 valence electrons. The van der Waals surface area contributed by atoms with Crippen molar-refractivity contribution in [1.29, 1.82) is 0 Å². The molecular formula is C12H10F6O2. The number of Topliss-reactive ketones (excluding diaryl/α,β-unsaturated/α-hetero) is 1. The lowest BCUT2D eigenvalue weighted by molar-refractivity contribution is -0.273. The number of ether oxygens (including phenoxy) is 1. The summed E-state index contributed by atoms with van der Waals surface area (Å²) in [5.74, 6) is -5.68. The Morgan fingerprint density at radius 3 is 2.15 bits per heavy atom. The monoisotopic (exact) mass is 300 g/mol. The molecule has 0 aliphatic rings. The van der Waals surface area contributed by atoms with Crippen molar-refractivity contribution in [3.63, 3.8) is 0 Å². The molecule has 0 aliphatic carbocycles. The van der Waals surface area contributed by atoms with Gasteiger partial charge in [-0.25, -0.2) is 0 Å². The standard InChI is InChI=1S/C12H10F6O2/c1-20-8-4-2-3-7(5-8)6-9(19)10(11(13,14)15)12(16,17)18/h2-5,10H,6H2,1H3. The maximum atomic E-state index is 12.3. The molecule has 0 spiro atoms. The molecule has 1 aromatic rings. The lowest BCUT2D eigenvalue weighted by Crippen LogP contribution is -2.43. The number of carbonyl (C=O) groups is 1. The molecular weight excluding hydrogens is 290 g/mol. The van der Waals surface area contributed by atoms with Crippen LogP contribution in [0.5, 0.6) is 5.75 Å². The highest BCUT2D eigenvalue weighted by Crippen LogP contribution is 2.40. The van der Waals surface area contributed by atoms with E-state index in [1.54, 1.807) is 0 Å². The summed E-state index contributed by atoms with van der Waals surface area (Å²) < 4.78 is 78.9. The maximum absolute atomic E-state index is 12.3. The van der Waals surface area contributed by atoms with Crippen LogP contribution < -0.4 is 4.74 Å². The van der Waals surface area contributed by atoms with E-state index in [4.69, 9.17) is 4.74 Å². The van der Waals surface area contributed by atoms with Crippen LogP contribution in [0.3, 0.4) is 0 Å². The Balaban J connectivity index is 2.97. The third-order valence-electron chi connectivity index (χ3n) is 2.49. The number of ketones is 1. The van der Waals surface area contributed by atoms with Gasteiger partial charge in [-0.2, -0.15) is 26.3 Å². The Morgan fingerprint density at radius 2 is 1.70 bits per heavy atom. The molecule has 0 fully saturated rings. The first-order chi connectivity index (χ1) is 9.05. The molecule has 2 nitrogen and oxygen atoms in total. The lowest BCUT2D eigenvalue weighted by Gasteiger charge is -2.21. The minimum atomic E-state index is -5.66. The van der Waals surface area contributed by atoms with Crippen molar-refractivity contribution in [2.45, 2.75) is 18.8 Å². The van der Waals surface area contributed by atoms with Crippen molar-refractivity contribution >= 4 is 5.78 Å². The van der Waals surface area contributed by atoms with Crippen molar-refractivity contribution in [2.24, 2.45) is 5.92 Å². The van der Waals surface area contributed by atoms with Crippen molar-refractivity contribution in [1.82, 2.24) is 0 Å². The summed E-state index contributed by atoms with van der Waals surface area (Å²) in [5.41, 5.74) is 0.0212. The van der Waals surface area contributed by atoms with Gasteiger partial charge in [0.15, 0.2) is 5.78 Å². The van der Waals surface area contributed by atoms with E-state index in [0.717, 1.165) is 0 Å². The summed E-state index contributed by atoms with van der Waals surface area (Å²) >= 11 is 0. The van der Waals surface area contributed by atoms with Gasteiger partial charge in [-0.05, 0) is 17.7 Å². The van der Waals surface area contributed by atoms with E-state index < -0.39 is 30.5 Å². The predicted molar refractivity (Wildman–Crippen MR) is 57.3 cm³/mol. The first kappa shape index (κ1) is 16.3. The predicted octanol–water partition coefficient (Wildman–Crippen LogP) is 3.55. The molecule has 0 aliphatic heterocycles. The topological polar surface area (TPSA) is 26.3 Å². The average Bonchev–Trinajstić information content (AvgIpc) is 2.24. The van der Waals surface area contributed by atoms with Crippen LogP contribution in [0.2, 0.25) is 0 Å². The number of halogens is 6. The van der Waals surface area contributed by atoms with E-state index in [0.29, 0.717) is 0 Å². The Bertz CT molecular complexity index is 464. The van der Waals surface area contributed by atoms with E-state index in [1.807, 2.05) is 0 Å². The molecule has 0 bridgehead atoms. The van der Waals surface area contributed by atoms with Crippen LogP contribution in [0.15, 0.2) is 24.3 Å². The number of hydrogen-bond acceptors (Lipinski definition) is 2. The second kappa shape index (κ2) is 5.72. The van der Waals surface area contributed by atoms with E-state index in [1.165, 1.54) is 31.4 Å². The molecule has 0 radical (unpaired) electrons. The largest absolute Gasteiger partial charge is 0.497 e. The quantitative estimate of drug-likeness (QED) is 0.795. The number of methoxy groups -OCH3 is 1. The van der Waals surface area contributed by atoms with Gasteiger partial charge in [-0.15, -0.1) is 0 Å². The van der Waals surface area contributed by atoms with Crippen LogP contribution in [-0.4, -0.2) is 25.2 Å². The van der Waals surface area contributed by atoms with Crippen LogP contribution in [0.25, 0.3) is 0 Å². The van der Waals surface area contributed by atoms with Gasteiger partial charge in [0.1, 0.15) is 5.75 Å².